The summed E-state index contributed by atoms with van der Waals surface area (Å²) in [6, 6.07) is 0.206. The normalized spacial score (nSPS) is 25.5. The van der Waals surface area contributed by atoms with Gasteiger partial charge in [-0.05, 0) is 12.8 Å². The lowest BCUT2D eigenvalue weighted by atomic mass is 9.80. The molecule has 5 heteroatoms. The maximum Gasteiger partial charge on any atom is 0.223 e. The molecule has 3 N–H and O–H groups in total. The van der Waals surface area contributed by atoms with E-state index in [1.54, 1.807) is 0 Å². The SMILES string of the molecule is NC1CC(C(=O)NCc2cocn2)C1. The fourth-order valence-corrected chi connectivity index (χ4v) is 1.52. The summed E-state index contributed by atoms with van der Waals surface area (Å²) in [5.41, 5.74) is 6.33. The number of carbonyl (C=O) groups excluding carboxylic acids is 1. The Morgan fingerprint density at radius 3 is 3.07 bits per heavy atom. The molecule has 0 saturated heterocycles. The highest BCUT2D eigenvalue weighted by Gasteiger charge is 2.31. The van der Waals surface area contributed by atoms with Crippen LogP contribution in [0.3, 0.4) is 0 Å². The van der Waals surface area contributed by atoms with Gasteiger partial charge in [-0.25, -0.2) is 4.98 Å². The van der Waals surface area contributed by atoms with Crippen molar-refractivity contribution >= 4 is 5.91 Å². The van der Waals surface area contributed by atoms with E-state index in [4.69, 9.17) is 10.2 Å². The average Bonchev–Trinajstić information content (AvgIpc) is 2.61. The van der Waals surface area contributed by atoms with Crippen molar-refractivity contribution in [1.29, 1.82) is 0 Å². The van der Waals surface area contributed by atoms with E-state index in [1.165, 1.54) is 12.7 Å². The second kappa shape index (κ2) is 3.79. The van der Waals surface area contributed by atoms with Gasteiger partial charge in [0.1, 0.15) is 6.26 Å². The third-order valence-electron chi connectivity index (χ3n) is 2.47. The summed E-state index contributed by atoms with van der Waals surface area (Å²) < 4.78 is 4.78. The summed E-state index contributed by atoms with van der Waals surface area (Å²) in [5.74, 6) is 0.159. The Morgan fingerprint density at radius 1 is 1.71 bits per heavy atom. The Bertz CT molecular complexity index is 304. The Hall–Kier alpha value is -1.36. The van der Waals surface area contributed by atoms with Gasteiger partial charge in [-0.1, -0.05) is 0 Å². The average molecular weight is 195 g/mol. The molecule has 1 heterocycles. The summed E-state index contributed by atoms with van der Waals surface area (Å²) in [5, 5.41) is 2.79. The highest BCUT2D eigenvalue weighted by atomic mass is 16.3. The topological polar surface area (TPSA) is 81.2 Å². The van der Waals surface area contributed by atoms with Crippen molar-refractivity contribution in [1.82, 2.24) is 10.3 Å². The Kier molecular flexibility index (Phi) is 2.49. The molecule has 0 spiro atoms. The van der Waals surface area contributed by atoms with Crippen LogP contribution in [0, 0.1) is 5.92 Å². The lowest BCUT2D eigenvalue weighted by molar-refractivity contribution is -0.128. The van der Waals surface area contributed by atoms with Gasteiger partial charge in [-0.3, -0.25) is 4.79 Å². The molecule has 14 heavy (non-hydrogen) atoms. The van der Waals surface area contributed by atoms with Crippen LogP contribution in [0.4, 0.5) is 0 Å². The van der Waals surface area contributed by atoms with Crippen LogP contribution in [0.5, 0.6) is 0 Å². The minimum atomic E-state index is 0.0645. The predicted molar refractivity (Wildman–Crippen MR) is 49.0 cm³/mol. The van der Waals surface area contributed by atoms with Crippen LogP contribution in [-0.4, -0.2) is 16.9 Å². The number of hydrogen-bond acceptors (Lipinski definition) is 4. The van der Waals surface area contributed by atoms with Crippen molar-refractivity contribution in [3.8, 4) is 0 Å². The van der Waals surface area contributed by atoms with Gasteiger partial charge in [-0.2, -0.15) is 0 Å². The molecule has 0 atom stereocenters. The number of oxazole rings is 1. The second-order valence-corrected chi connectivity index (χ2v) is 3.63. The first-order chi connectivity index (χ1) is 6.75. The maximum absolute atomic E-state index is 11.4. The molecular formula is C9H13N3O2. The van der Waals surface area contributed by atoms with Crippen molar-refractivity contribution in [3.05, 3.63) is 18.4 Å². The van der Waals surface area contributed by atoms with Crippen LogP contribution in [0.1, 0.15) is 18.5 Å². The van der Waals surface area contributed by atoms with Crippen molar-refractivity contribution in [2.45, 2.75) is 25.4 Å². The molecule has 0 radical (unpaired) electrons. The number of hydrogen-bond donors (Lipinski definition) is 2. The molecule has 1 aliphatic carbocycles. The molecule has 1 aliphatic rings. The first-order valence-electron chi connectivity index (χ1n) is 4.66. The van der Waals surface area contributed by atoms with E-state index in [2.05, 4.69) is 10.3 Å². The van der Waals surface area contributed by atoms with Crippen LogP contribution >= 0.6 is 0 Å². The van der Waals surface area contributed by atoms with Gasteiger partial charge in [0, 0.05) is 12.0 Å². The van der Waals surface area contributed by atoms with Crippen LogP contribution < -0.4 is 11.1 Å². The fourth-order valence-electron chi connectivity index (χ4n) is 1.52. The quantitative estimate of drug-likeness (QED) is 0.712. The summed E-state index contributed by atoms with van der Waals surface area (Å²) in [6.07, 6.45) is 4.46. The van der Waals surface area contributed by atoms with Gasteiger partial charge < -0.3 is 15.5 Å². The van der Waals surface area contributed by atoms with Gasteiger partial charge in [0.15, 0.2) is 6.39 Å². The number of amides is 1. The molecule has 0 aliphatic heterocycles. The van der Waals surface area contributed by atoms with E-state index >= 15 is 0 Å². The highest BCUT2D eigenvalue weighted by molar-refractivity contribution is 5.79. The molecule has 1 fully saturated rings. The van der Waals surface area contributed by atoms with Gasteiger partial charge in [0.25, 0.3) is 0 Å². The summed E-state index contributed by atoms with van der Waals surface area (Å²) in [4.78, 5) is 15.3. The monoisotopic (exact) mass is 195 g/mol. The van der Waals surface area contributed by atoms with Crippen molar-refractivity contribution in [3.63, 3.8) is 0 Å². The highest BCUT2D eigenvalue weighted by Crippen LogP contribution is 2.25. The van der Waals surface area contributed by atoms with Gasteiger partial charge in [-0.15, -0.1) is 0 Å². The largest absolute Gasteiger partial charge is 0.451 e. The van der Waals surface area contributed by atoms with Crippen LogP contribution in [-0.2, 0) is 11.3 Å². The minimum absolute atomic E-state index is 0.0645. The zero-order valence-corrected chi connectivity index (χ0v) is 7.77. The lowest BCUT2D eigenvalue weighted by Crippen LogP contribution is -2.44. The summed E-state index contributed by atoms with van der Waals surface area (Å²) >= 11 is 0. The summed E-state index contributed by atoms with van der Waals surface area (Å²) in [7, 11) is 0. The van der Waals surface area contributed by atoms with Crippen LogP contribution in [0.25, 0.3) is 0 Å². The molecule has 0 bridgehead atoms. The third-order valence-corrected chi connectivity index (χ3v) is 2.47. The molecule has 5 nitrogen and oxygen atoms in total. The first-order valence-corrected chi connectivity index (χ1v) is 4.66. The maximum atomic E-state index is 11.4. The molecule has 1 aromatic heterocycles. The van der Waals surface area contributed by atoms with Gasteiger partial charge in [0.2, 0.25) is 5.91 Å². The standard InChI is InChI=1S/C9H13N3O2/c10-7-1-6(2-7)9(13)11-3-8-4-14-5-12-8/h4-7H,1-3,10H2,(H,11,13). The number of rotatable bonds is 3. The van der Waals surface area contributed by atoms with E-state index in [0.717, 1.165) is 18.5 Å². The molecule has 1 aromatic rings. The van der Waals surface area contributed by atoms with Crippen LogP contribution in [0.2, 0.25) is 0 Å². The predicted octanol–water partition coefficient (Wildman–Crippen LogP) is 0.0281. The van der Waals surface area contributed by atoms with Gasteiger partial charge in [0.05, 0.1) is 12.2 Å². The molecular weight excluding hydrogens is 182 g/mol. The van der Waals surface area contributed by atoms with E-state index in [9.17, 15) is 4.79 Å². The molecule has 0 aromatic carbocycles. The van der Waals surface area contributed by atoms with E-state index in [1.807, 2.05) is 0 Å². The zero-order valence-electron chi connectivity index (χ0n) is 7.77. The molecule has 1 amide bonds. The number of nitrogens with one attached hydrogen (secondary N) is 1. The number of carbonyl (C=O) groups is 1. The molecule has 76 valence electrons. The number of aromatic nitrogens is 1. The molecule has 2 rings (SSSR count). The van der Waals surface area contributed by atoms with Crippen molar-refractivity contribution in [2.75, 3.05) is 0 Å². The van der Waals surface area contributed by atoms with E-state index in [-0.39, 0.29) is 17.9 Å². The summed E-state index contributed by atoms with van der Waals surface area (Å²) in [6.45, 7) is 0.432. The zero-order chi connectivity index (χ0) is 9.97. The van der Waals surface area contributed by atoms with Crippen LogP contribution in [0.15, 0.2) is 17.1 Å². The van der Waals surface area contributed by atoms with Crippen molar-refractivity contribution < 1.29 is 9.21 Å². The molecule has 1 saturated carbocycles. The fraction of sp³-hybridized carbons (Fsp3) is 0.556. The minimum Gasteiger partial charge on any atom is -0.451 e. The second-order valence-electron chi connectivity index (χ2n) is 3.63. The Morgan fingerprint density at radius 2 is 2.50 bits per heavy atom. The van der Waals surface area contributed by atoms with E-state index in [0.29, 0.717) is 6.54 Å². The smallest absolute Gasteiger partial charge is 0.223 e. The Labute approximate surface area is 81.7 Å². The van der Waals surface area contributed by atoms with E-state index < -0.39 is 0 Å². The Balaban J connectivity index is 1.73. The first kappa shape index (κ1) is 9.21. The van der Waals surface area contributed by atoms with Crippen molar-refractivity contribution in [2.24, 2.45) is 11.7 Å². The van der Waals surface area contributed by atoms with Gasteiger partial charge >= 0.3 is 0 Å². The third kappa shape index (κ3) is 1.93. The molecule has 0 unspecified atom stereocenters. The number of nitrogens with zero attached hydrogens (tertiary/aromatic N) is 1. The lowest BCUT2D eigenvalue weighted by Gasteiger charge is -2.30. The number of nitrogens with two attached hydrogens (primary N) is 1.